The summed E-state index contributed by atoms with van der Waals surface area (Å²) in [6, 6.07) is 5.39. The van der Waals surface area contributed by atoms with E-state index in [1.54, 1.807) is 12.1 Å². The maximum atomic E-state index is 9.14. The quantitative estimate of drug-likeness (QED) is 0.590. The third kappa shape index (κ3) is 1.11. The molecular weight excluding hydrogens is 138 g/mol. The number of hydrogen-bond acceptors (Lipinski definition) is 2. The van der Waals surface area contributed by atoms with Crippen LogP contribution in [-0.2, 0) is 6.42 Å². The van der Waals surface area contributed by atoms with Crippen molar-refractivity contribution in [2.45, 2.75) is 6.42 Å². The van der Waals surface area contributed by atoms with Gasteiger partial charge < -0.3 is 5.11 Å². The molecule has 0 aromatic heterocycles. The molecule has 0 spiro atoms. The summed E-state index contributed by atoms with van der Waals surface area (Å²) in [5.41, 5.74) is 2.33. The number of aliphatic imine (C=N–C) groups is 1. The van der Waals surface area contributed by atoms with E-state index in [2.05, 4.69) is 4.99 Å². The monoisotopic (exact) mass is 147 g/mol. The molecule has 0 atom stereocenters. The van der Waals surface area contributed by atoms with Crippen molar-refractivity contribution in [2.24, 2.45) is 4.99 Å². The van der Waals surface area contributed by atoms with Crippen LogP contribution >= 0.6 is 0 Å². The van der Waals surface area contributed by atoms with E-state index in [1.165, 1.54) is 5.56 Å². The average molecular weight is 147 g/mol. The van der Waals surface area contributed by atoms with E-state index in [0.29, 0.717) is 5.75 Å². The van der Waals surface area contributed by atoms with Crippen molar-refractivity contribution in [1.82, 2.24) is 0 Å². The van der Waals surface area contributed by atoms with Crippen LogP contribution in [-0.4, -0.2) is 17.9 Å². The summed E-state index contributed by atoms with van der Waals surface area (Å²) < 4.78 is 0. The van der Waals surface area contributed by atoms with Gasteiger partial charge in [0.15, 0.2) is 0 Å². The van der Waals surface area contributed by atoms with Gasteiger partial charge in [0, 0.05) is 12.8 Å². The molecule has 2 heteroatoms. The van der Waals surface area contributed by atoms with Crippen LogP contribution in [0.25, 0.3) is 0 Å². The molecule has 0 aliphatic carbocycles. The molecule has 0 saturated heterocycles. The summed E-state index contributed by atoms with van der Waals surface area (Å²) in [6.45, 7) is 0.844. The number of nitrogens with zero attached hydrogens (tertiary/aromatic N) is 1. The Morgan fingerprint density at radius 2 is 2.27 bits per heavy atom. The van der Waals surface area contributed by atoms with Crippen molar-refractivity contribution < 1.29 is 5.11 Å². The average Bonchev–Trinajstić information content (AvgIpc) is 2.04. The minimum atomic E-state index is 0.346. The van der Waals surface area contributed by atoms with Gasteiger partial charge in [-0.3, -0.25) is 4.99 Å². The van der Waals surface area contributed by atoms with Crippen molar-refractivity contribution in [1.29, 1.82) is 0 Å². The van der Waals surface area contributed by atoms with Gasteiger partial charge in [-0.15, -0.1) is 0 Å². The molecule has 0 bridgehead atoms. The summed E-state index contributed by atoms with van der Waals surface area (Å²) in [5.74, 6) is 0.346. The predicted molar refractivity (Wildman–Crippen MR) is 44.3 cm³/mol. The lowest BCUT2D eigenvalue weighted by Gasteiger charge is -2.08. The van der Waals surface area contributed by atoms with E-state index in [0.717, 1.165) is 18.5 Å². The van der Waals surface area contributed by atoms with Gasteiger partial charge in [-0.1, -0.05) is 0 Å². The van der Waals surface area contributed by atoms with E-state index in [1.807, 2.05) is 12.3 Å². The van der Waals surface area contributed by atoms with Gasteiger partial charge in [-0.05, 0) is 35.7 Å². The molecule has 1 aromatic rings. The molecule has 2 nitrogen and oxygen atoms in total. The van der Waals surface area contributed by atoms with E-state index < -0.39 is 0 Å². The molecule has 2 rings (SSSR count). The number of phenols is 1. The highest BCUT2D eigenvalue weighted by Gasteiger charge is 2.04. The Hall–Kier alpha value is -1.31. The molecule has 1 aromatic carbocycles. The first-order valence-electron chi connectivity index (χ1n) is 3.68. The molecule has 0 amide bonds. The molecule has 0 radical (unpaired) electrons. The standard InChI is InChI=1S/C9H9NO/c11-9-2-1-8-6-10-4-3-7(8)5-9/h1-2,5-6,11H,3-4H2. The molecule has 0 unspecified atom stereocenters. The van der Waals surface area contributed by atoms with Crippen LogP contribution in [0.4, 0.5) is 0 Å². The van der Waals surface area contributed by atoms with Crippen LogP contribution in [0, 0.1) is 0 Å². The number of aromatic hydroxyl groups is 1. The first-order valence-corrected chi connectivity index (χ1v) is 3.68. The van der Waals surface area contributed by atoms with Gasteiger partial charge in [-0.2, -0.15) is 0 Å². The maximum Gasteiger partial charge on any atom is 0.115 e. The molecule has 11 heavy (non-hydrogen) atoms. The lowest BCUT2D eigenvalue weighted by molar-refractivity contribution is 0.474. The minimum Gasteiger partial charge on any atom is -0.508 e. The first-order chi connectivity index (χ1) is 5.36. The van der Waals surface area contributed by atoms with Crippen LogP contribution in [0.5, 0.6) is 5.75 Å². The summed E-state index contributed by atoms with van der Waals surface area (Å²) in [6.07, 6.45) is 2.80. The lowest BCUT2D eigenvalue weighted by atomic mass is 10.0. The van der Waals surface area contributed by atoms with Crippen molar-refractivity contribution in [3.63, 3.8) is 0 Å². The number of hydrogen-bond donors (Lipinski definition) is 1. The largest absolute Gasteiger partial charge is 0.508 e. The van der Waals surface area contributed by atoms with Gasteiger partial charge in [0.2, 0.25) is 0 Å². The summed E-state index contributed by atoms with van der Waals surface area (Å²) in [5, 5.41) is 9.14. The highest BCUT2D eigenvalue weighted by molar-refractivity contribution is 5.83. The van der Waals surface area contributed by atoms with Crippen LogP contribution in [0.2, 0.25) is 0 Å². The van der Waals surface area contributed by atoms with Gasteiger partial charge in [0.1, 0.15) is 5.75 Å². The Kier molecular flexibility index (Phi) is 1.39. The summed E-state index contributed by atoms with van der Waals surface area (Å²) in [7, 11) is 0. The molecule has 1 N–H and O–H groups in total. The third-order valence-corrected chi connectivity index (χ3v) is 1.87. The Balaban J connectivity index is 2.53. The zero-order chi connectivity index (χ0) is 7.68. The first kappa shape index (κ1) is 6.40. The molecule has 0 saturated carbocycles. The molecule has 1 heterocycles. The van der Waals surface area contributed by atoms with Gasteiger partial charge in [0.25, 0.3) is 0 Å². The highest BCUT2D eigenvalue weighted by Crippen LogP contribution is 2.17. The van der Waals surface area contributed by atoms with Gasteiger partial charge in [-0.25, -0.2) is 0 Å². The number of phenolic OH excluding ortho intramolecular Hbond substituents is 1. The Morgan fingerprint density at radius 3 is 3.18 bits per heavy atom. The summed E-state index contributed by atoms with van der Waals surface area (Å²) >= 11 is 0. The van der Waals surface area contributed by atoms with Crippen molar-refractivity contribution in [3.05, 3.63) is 29.3 Å². The molecule has 1 aliphatic rings. The third-order valence-electron chi connectivity index (χ3n) is 1.87. The number of rotatable bonds is 0. The fourth-order valence-corrected chi connectivity index (χ4v) is 1.28. The lowest BCUT2D eigenvalue weighted by Crippen LogP contribution is -2.01. The predicted octanol–water partition coefficient (Wildman–Crippen LogP) is 1.37. The van der Waals surface area contributed by atoms with E-state index in [4.69, 9.17) is 5.11 Å². The van der Waals surface area contributed by atoms with Gasteiger partial charge >= 0.3 is 0 Å². The smallest absolute Gasteiger partial charge is 0.115 e. The fraction of sp³-hybridized carbons (Fsp3) is 0.222. The van der Waals surface area contributed by atoms with Crippen LogP contribution in [0.3, 0.4) is 0 Å². The summed E-state index contributed by atoms with van der Waals surface area (Å²) in [4.78, 5) is 4.14. The number of benzene rings is 1. The Bertz CT molecular complexity index is 304. The minimum absolute atomic E-state index is 0.346. The normalized spacial score (nSPS) is 14.5. The van der Waals surface area contributed by atoms with Crippen molar-refractivity contribution >= 4 is 6.21 Å². The molecule has 0 fully saturated rings. The fourth-order valence-electron chi connectivity index (χ4n) is 1.28. The van der Waals surface area contributed by atoms with E-state index in [-0.39, 0.29) is 0 Å². The number of fused-ring (bicyclic) bond motifs is 1. The van der Waals surface area contributed by atoms with Gasteiger partial charge in [0.05, 0.1) is 0 Å². The molecule has 1 aliphatic heterocycles. The van der Waals surface area contributed by atoms with E-state index in [9.17, 15) is 0 Å². The SMILES string of the molecule is Oc1ccc2c(c1)CCN=C2. The second-order valence-corrected chi connectivity index (χ2v) is 2.67. The topological polar surface area (TPSA) is 32.6 Å². The second kappa shape index (κ2) is 2.38. The van der Waals surface area contributed by atoms with Crippen molar-refractivity contribution in [3.8, 4) is 5.75 Å². The maximum absolute atomic E-state index is 9.14. The van der Waals surface area contributed by atoms with Crippen molar-refractivity contribution in [2.75, 3.05) is 6.54 Å². The van der Waals surface area contributed by atoms with Crippen LogP contribution in [0.1, 0.15) is 11.1 Å². The zero-order valence-corrected chi connectivity index (χ0v) is 6.12. The zero-order valence-electron chi connectivity index (χ0n) is 6.12. The molecule has 56 valence electrons. The Labute approximate surface area is 65.2 Å². The second-order valence-electron chi connectivity index (χ2n) is 2.67. The van der Waals surface area contributed by atoms with Crippen LogP contribution in [0.15, 0.2) is 23.2 Å². The molecular formula is C9H9NO. The van der Waals surface area contributed by atoms with E-state index >= 15 is 0 Å². The Morgan fingerprint density at radius 1 is 1.36 bits per heavy atom. The van der Waals surface area contributed by atoms with Crippen LogP contribution < -0.4 is 0 Å². The highest BCUT2D eigenvalue weighted by atomic mass is 16.3.